The Morgan fingerprint density at radius 2 is 2.00 bits per heavy atom. The fourth-order valence-corrected chi connectivity index (χ4v) is 0.424. The molecule has 0 aromatic heterocycles. The molecule has 50 valence electrons. The molecule has 0 unspecified atom stereocenters. The summed E-state index contributed by atoms with van der Waals surface area (Å²) in [6, 6.07) is 0. The summed E-state index contributed by atoms with van der Waals surface area (Å²) in [5, 5.41) is 0. The molecule has 0 aromatic carbocycles. The standard InChI is InChI=1S/C8H13N/c1-5-7(3)8(4)9-6-2/h5-6H,4H2,1-3H3/b7-5-,9-6?. The molecule has 0 rings (SSSR count). The third-order valence-electron chi connectivity index (χ3n) is 1.17. The zero-order valence-electron chi connectivity index (χ0n) is 6.31. The van der Waals surface area contributed by atoms with E-state index in [1.54, 1.807) is 6.21 Å². The largest absolute Gasteiger partial charge is 0.262 e. The van der Waals surface area contributed by atoms with Crippen molar-refractivity contribution in [2.24, 2.45) is 4.99 Å². The van der Waals surface area contributed by atoms with Gasteiger partial charge in [-0.1, -0.05) is 12.7 Å². The van der Waals surface area contributed by atoms with Gasteiger partial charge in [0.05, 0.1) is 5.70 Å². The van der Waals surface area contributed by atoms with Crippen LogP contribution in [-0.4, -0.2) is 6.21 Å². The van der Waals surface area contributed by atoms with E-state index in [1.165, 1.54) is 0 Å². The van der Waals surface area contributed by atoms with E-state index >= 15 is 0 Å². The molecule has 0 bridgehead atoms. The van der Waals surface area contributed by atoms with Gasteiger partial charge in [-0.2, -0.15) is 0 Å². The van der Waals surface area contributed by atoms with Gasteiger partial charge >= 0.3 is 0 Å². The number of aliphatic imine (C=N–C) groups is 1. The SMILES string of the molecule is C=C(N=CC)/C(C)=C\C. The Morgan fingerprint density at radius 3 is 2.33 bits per heavy atom. The summed E-state index contributed by atoms with van der Waals surface area (Å²) in [4.78, 5) is 4.01. The fourth-order valence-electron chi connectivity index (χ4n) is 0.424. The predicted molar refractivity (Wildman–Crippen MR) is 42.7 cm³/mol. The molecule has 0 N–H and O–H groups in total. The van der Waals surface area contributed by atoms with Crippen molar-refractivity contribution in [2.75, 3.05) is 0 Å². The van der Waals surface area contributed by atoms with Crippen LogP contribution in [-0.2, 0) is 0 Å². The van der Waals surface area contributed by atoms with Crippen molar-refractivity contribution in [3.05, 3.63) is 23.9 Å². The molecule has 0 aliphatic carbocycles. The molecule has 1 nitrogen and oxygen atoms in total. The molecule has 9 heavy (non-hydrogen) atoms. The summed E-state index contributed by atoms with van der Waals surface area (Å²) >= 11 is 0. The van der Waals surface area contributed by atoms with Crippen LogP contribution in [0, 0.1) is 0 Å². The van der Waals surface area contributed by atoms with Gasteiger partial charge in [-0.05, 0) is 26.3 Å². The lowest BCUT2D eigenvalue weighted by Gasteiger charge is -1.94. The van der Waals surface area contributed by atoms with Crippen LogP contribution >= 0.6 is 0 Å². The normalized spacial score (nSPS) is 12.6. The molecule has 0 fully saturated rings. The molecule has 1 heteroatoms. The van der Waals surface area contributed by atoms with Crippen LogP contribution in [0.15, 0.2) is 28.9 Å². The molecule has 0 radical (unpaired) electrons. The van der Waals surface area contributed by atoms with Gasteiger partial charge in [-0.15, -0.1) is 0 Å². The van der Waals surface area contributed by atoms with Crippen molar-refractivity contribution in [2.45, 2.75) is 20.8 Å². The molecular formula is C8H13N. The molecule has 0 aliphatic heterocycles. The van der Waals surface area contributed by atoms with Crippen LogP contribution in [0.2, 0.25) is 0 Å². The summed E-state index contributed by atoms with van der Waals surface area (Å²) < 4.78 is 0. The smallest absolute Gasteiger partial charge is 0.0579 e. The summed E-state index contributed by atoms with van der Waals surface area (Å²) in [5.41, 5.74) is 1.98. The second kappa shape index (κ2) is 4.07. The van der Waals surface area contributed by atoms with Crippen molar-refractivity contribution in [1.29, 1.82) is 0 Å². The van der Waals surface area contributed by atoms with Crippen molar-refractivity contribution in [1.82, 2.24) is 0 Å². The molecule has 0 spiro atoms. The Labute approximate surface area is 56.8 Å². The van der Waals surface area contributed by atoms with E-state index in [4.69, 9.17) is 0 Å². The Hall–Kier alpha value is -0.850. The first-order valence-electron chi connectivity index (χ1n) is 3.03. The number of nitrogens with zero attached hydrogens (tertiary/aromatic N) is 1. The van der Waals surface area contributed by atoms with Gasteiger partial charge in [0.25, 0.3) is 0 Å². The van der Waals surface area contributed by atoms with E-state index in [2.05, 4.69) is 11.6 Å². The van der Waals surface area contributed by atoms with E-state index in [0.717, 1.165) is 11.3 Å². The third-order valence-corrected chi connectivity index (χ3v) is 1.17. The topological polar surface area (TPSA) is 12.4 Å². The van der Waals surface area contributed by atoms with Gasteiger partial charge < -0.3 is 0 Å². The number of hydrogen-bond acceptors (Lipinski definition) is 1. The summed E-state index contributed by atoms with van der Waals surface area (Å²) in [7, 11) is 0. The Kier molecular flexibility index (Phi) is 3.69. The summed E-state index contributed by atoms with van der Waals surface area (Å²) in [6.07, 6.45) is 3.74. The van der Waals surface area contributed by atoms with Gasteiger partial charge in [0.2, 0.25) is 0 Å². The lowest BCUT2D eigenvalue weighted by molar-refractivity contribution is 1.29. The van der Waals surface area contributed by atoms with Crippen LogP contribution in [0.5, 0.6) is 0 Å². The number of rotatable bonds is 2. The van der Waals surface area contributed by atoms with Crippen LogP contribution in [0.25, 0.3) is 0 Å². The monoisotopic (exact) mass is 123 g/mol. The second-order valence-corrected chi connectivity index (χ2v) is 1.81. The van der Waals surface area contributed by atoms with E-state index in [9.17, 15) is 0 Å². The van der Waals surface area contributed by atoms with Crippen LogP contribution < -0.4 is 0 Å². The lowest BCUT2D eigenvalue weighted by atomic mass is 10.2. The average Bonchev–Trinajstić information content (AvgIpc) is 1.87. The molecule has 0 atom stereocenters. The maximum Gasteiger partial charge on any atom is 0.0579 e. The van der Waals surface area contributed by atoms with Crippen molar-refractivity contribution in [3.63, 3.8) is 0 Å². The highest BCUT2D eigenvalue weighted by molar-refractivity contribution is 5.56. The number of hydrogen-bond donors (Lipinski definition) is 0. The second-order valence-electron chi connectivity index (χ2n) is 1.81. The fraction of sp³-hybridized carbons (Fsp3) is 0.375. The van der Waals surface area contributed by atoms with Gasteiger partial charge in [0.15, 0.2) is 0 Å². The minimum absolute atomic E-state index is 0.847. The summed E-state index contributed by atoms with van der Waals surface area (Å²) in [5.74, 6) is 0. The molecule has 0 aliphatic rings. The minimum atomic E-state index is 0.847. The molecule has 0 heterocycles. The van der Waals surface area contributed by atoms with Crippen LogP contribution in [0.4, 0.5) is 0 Å². The van der Waals surface area contributed by atoms with Gasteiger partial charge in [0.1, 0.15) is 0 Å². The first kappa shape index (κ1) is 8.15. The van der Waals surface area contributed by atoms with Crippen molar-refractivity contribution in [3.8, 4) is 0 Å². The highest BCUT2D eigenvalue weighted by Gasteiger charge is 1.87. The Balaban J connectivity index is 4.05. The molecular weight excluding hydrogens is 110 g/mol. The predicted octanol–water partition coefficient (Wildman–Crippen LogP) is 2.56. The Morgan fingerprint density at radius 1 is 1.44 bits per heavy atom. The van der Waals surface area contributed by atoms with Gasteiger partial charge in [0, 0.05) is 6.21 Å². The highest BCUT2D eigenvalue weighted by atomic mass is 14.7. The maximum atomic E-state index is 4.01. The zero-order chi connectivity index (χ0) is 7.28. The molecule has 0 amide bonds. The average molecular weight is 123 g/mol. The van der Waals surface area contributed by atoms with Crippen LogP contribution in [0.3, 0.4) is 0 Å². The molecule has 0 saturated heterocycles. The van der Waals surface area contributed by atoms with Crippen molar-refractivity contribution < 1.29 is 0 Å². The van der Waals surface area contributed by atoms with Crippen LogP contribution in [0.1, 0.15) is 20.8 Å². The first-order valence-corrected chi connectivity index (χ1v) is 3.03. The van der Waals surface area contributed by atoms with Gasteiger partial charge in [-0.3, -0.25) is 4.99 Å². The Bertz CT molecular complexity index is 152. The maximum absolute atomic E-state index is 4.01. The molecule has 0 aromatic rings. The third kappa shape index (κ3) is 2.85. The van der Waals surface area contributed by atoms with Gasteiger partial charge in [-0.25, -0.2) is 0 Å². The quantitative estimate of drug-likeness (QED) is 0.395. The van der Waals surface area contributed by atoms with E-state index in [-0.39, 0.29) is 0 Å². The number of allylic oxidation sites excluding steroid dienone is 2. The molecule has 0 saturated carbocycles. The zero-order valence-corrected chi connectivity index (χ0v) is 6.31. The van der Waals surface area contributed by atoms with E-state index < -0.39 is 0 Å². The van der Waals surface area contributed by atoms with E-state index in [1.807, 2.05) is 26.8 Å². The summed E-state index contributed by atoms with van der Waals surface area (Å²) in [6.45, 7) is 9.61. The van der Waals surface area contributed by atoms with Crippen molar-refractivity contribution >= 4 is 6.21 Å². The van der Waals surface area contributed by atoms with E-state index in [0.29, 0.717) is 0 Å². The first-order chi connectivity index (χ1) is 4.22. The highest BCUT2D eigenvalue weighted by Crippen LogP contribution is 2.05. The lowest BCUT2D eigenvalue weighted by Crippen LogP contribution is -1.76. The minimum Gasteiger partial charge on any atom is -0.262 e.